The number of pyridine rings is 1. The Labute approximate surface area is 92.4 Å². The van der Waals surface area contributed by atoms with Crippen molar-refractivity contribution in [3.63, 3.8) is 0 Å². The van der Waals surface area contributed by atoms with Crippen molar-refractivity contribution in [1.82, 2.24) is 4.98 Å². The van der Waals surface area contributed by atoms with Crippen LogP contribution in [0.25, 0.3) is 10.9 Å². The van der Waals surface area contributed by atoms with Gasteiger partial charge in [-0.25, -0.2) is 0 Å². The first kappa shape index (κ1) is 8.92. The molecule has 0 fully saturated rings. The van der Waals surface area contributed by atoms with Gasteiger partial charge >= 0.3 is 0 Å². The van der Waals surface area contributed by atoms with Crippen molar-refractivity contribution in [2.24, 2.45) is 4.99 Å². The van der Waals surface area contributed by atoms with Crippen LogP contribution in [0.4, 0.5) is 0 Å². The summed E-state index contributed by atoms with van der Waals surface area (Å²) in [6.45, 7) is 0.941. The third-order valence-corrected chi connectivity index (χ3v) is 3.47. The molecule has 0 aliphatic carbocycles. The largest absolute Gasteiger partial charge is 0.277 e. The zero-order chi connectivity index (χ0) is 10.1. The van der Waals surface area contributed by atoms with Crippen LogP contribution in [0.2, 0.25) is 0 Å². The molecule has 0 unspecified atom stereocenters. The Hall–Kier alpha value is -1.35. The van der Waals surface area contributed by atoms with Crippen LogP contribution in [0.5, 0.6) is 0 Å². The van der Waals surface area contributed by atoms with E-state index in [9.17, 15) is 0 Å². The van der Waals surface area contributed by atoms with Crippen molar-refractivity contribution in [2.75, 3.05) is 12.3 Å². The summed E-state index contributed by atoms with van der Waals surface area (Å²) in [5.74, 6) is 1.10. The lowest BCUT2D eigenvalue weighted by atomic mass is 10.1. The van der Waals surface area contributed by atoms with Crippen LogP contribution >= 0.6 is 11.8 Å². The molecule has 3 heteroatoms. The van der Waals surface area contributed by atoms with Gasteiger partial charge in [0, 0.05) is 29.4 Å². The summed E-state index contributed by atoms with van der Waals surface area (Å²) in [6, 6.07) is 10.3. The van der Waals surface area contributed by atoms with Crippen molar-refractivity contribution >= 4 is 27.7 Å². The summed E-state index contributed by atoms with van der Waals surface area (Å²) in [5, 5.41) is 2.36. The standard InChI is InChI=1S/C12H10N2S/c1-3-10(12-14-7-8-15-12)9-4-2-6-13-11(9)5-1/h1-6H,7-8H2. The number of nitrogens with zero attached hydrogens (tertiary/aromatic N) is 2. The SMILES string of the molecule is c1cc(C2=NCCS2)c2cccnc2c1. The number of rotatable bonds is 1. The van der Waals surface area contributed by atoms with Crippen LogP contribution in [-0.2, 0) is 0 Å². The molecule has 1 aromatic carbocycles. The topological polar surface area (TPSA) is 25.2 Å². The number of benzene rings is 1. The Kier molecular flexibility index (Phi) is 2.18. The Morgan fingerprint density at radius 1 is 1.13 bits per heavy atom. The van der Waals surface area contributed by atoms with Crippen LogP contribution in [0, 0.1) is 0 Å². The lowest BCUT2D eigenvalue weighted by Gasteiger charge is -2.04. The Bertz CT molecular complexity index is 529. The van der Waals surface area contributed by atoms with Crippen LogP contribution in [0.15, 0.2) is 41.5 Å². The molecule has 0 saturated carbocycles. The maximum Gasteiger partial charge on any atom is 0.0984 e. The van der Waals surface area contributed by atoms with E-state index in [1.165, 1.54) is 10.9 Å². The molecule has 0 spiro atoms. The molecule has 3 rings (SSSR count). The van der Waals surface area contributed by atoms with Gasteiger partial charge < -0.3 is 0 Å². The fourth-order valence-corrected chi connectivity index (χ4v) is 2.68. The van der Waals surface area contributed by atoms with Crippen LogP contribution in [0.1, 0.15) is 5.56 Å². The Balaban J connectivity index is 2.26. The van der Waals surface area contributed by atoms with E-state index in [0.717, 1.165) is 22.9 Å². The molecule has 74 valence electrons. The first-order valence-electron chi connectivity index (χ1n) is 4.96. The van der Waals surface area contributed by atoms with E-state index in [0.29, 0.717) is 0 Å². The minimum Gasteiger partial charge on any atom is -0.277 e. The van der Waals surface area contributed by atoms with Gasteiger partial charge in [-0.1, -0.05) is 18.2 Å². The third kappa shape index (κ3) is 1.53. The summed E-state index contributed by atoms with van der Waals surface area (Å²) in [5.41, 5.74) is 2.27. The van der Waals surface area contributed by atoms with Crippen molar-refractivity contribution in [3.8, 4) is 0 Å². The number of fused-ring (bicyclic) bond motifs is 1. The second-order valence-electron chi connectivity index (χ2n) is 3.41. The zero-order valence-corrected chi connectivity index (χ0v) is 9.00. The molecule has 2 heterocycles. The summed E-state index contributed by atoms with van der Waals surface area (Å²) < 4.78 is 0. The van der Waals surface area contributed by atoms with E-state index in [1.807, 2.05) is 36.2 Å². The van der Waals surface area contributed by atoms with Crippen molar-refractivity contribution in [1.29, 1.82) is 0 Å². The zero-order valence-electron chi connectivity index (χ0n) is 8.18. The number of aliphatic imine (C=N–C) groups is 1. The fourth-order valence-electron chi connectivity index (χ4n) is 1.79. The highest BCUT2D eigenvalue weighted by atomic mass is 32.2. The lowest BCUT2D eigenvalue weighted by Crippen LogP contribution is -1.93. The molecule has 1 aromatic heterocycles. The van der Waals surface area contributed by atoms with Gasteiger partial charge in [0.2, 0.25) is 0 Å². The van der Waals surface area contributed by atoms with Crippen molar-refractivity contribution < 1.29 is 0 Å². The molecule has 0 radical (unpaired) electrons. The molecule has 0 atom stereocenters. The van der Waals surface area contributed by atoms with Crippen LogP contribution < -0.4 is 0 Å². The minimum absolute atomic E-state index is 0.941. The van der Waals surface area contributed by atoms with Crippen molar-refractivity contribution in [3.05, 3.63) is 42.1 Å². The average Bonchev–Trinajstić information content (AvgIpc) is 2.82. The van der Waals surface area contributed by atoms with E-state index in [2.05, 4.69) is 22.1 Å². The first-order valence-corrected chi connectivity index (χ1v) is 5.95. The van der Waals surface area contributed by atoms with Gasteiger partial charge in [0.1, 0.15) is 0 Å². The van der Waals surface area contributed by atoms with Crippen LogP contribution in [-0.4, -0.2) is 22.3 Å². The van der Waals surface area contributed by atoms with E-state index in [1.54, 1.807) is 0 Å². The quantitative estimate of drug-likeness (QED) is 0.729. The molecule has 0 saturated heterocycles. The molecule has 1 aliphatic heterocycles. The summed E-state index contributed by atoms with van der Waals surface area (Å²) in [7, 11) is 0. The van der Waals surface area contributed by atoms with Gasteiger partial charge in [0.25, 0.3) is 0 Å². The molecule has 0 bridgehead atoms. The lowest BCUT2D eigenvalue weighted by molar-refractivity contribution is 1.18. The second-order valence-corrected chi connectivity index (χ2v) is 4.49. The predicted octanol–water partition coefficient (Wildman–Crippen LogP) is 2.73. The molecular weight excluding hydrogens is 204 g/mol. The van der Waals surface area contributed by atoms with E-state index in [4.69, 9.17) is 0 Å². The van der Waals surface area contributed by atoms with E-state index >= 15 is 0 Å². The molecule has 15 heavy (non-hydrogen) atoms. The molecule has 0 amide bonds. The highest BCUT2D eigenvalue weighted by Crippen LogP contribution is 2.24. The molecule has 1 aliphatic rings. The number of thioether (sulfide) groups is 1. The van der Waals surface area contributed by atoms with Gasteiger partial charge in [-0.2, -0.15) is 0 Å². The van der Waals surface area contributed by atoms with Crippen molar-refractivity contribution in [2.45, 2.75) is 0 Å². The van der Waals surface area contributed by atoms with E-state index in [-0.39, 0.29) is 0 Å². The Morgan fingerprint density at radius 3 is 3.00 bits per heavy atom. The highest BCUT2D eigenvalue weighted by molar-refractivity contribution is 8.14. The summed E-state index contributed by atoms with van der Waals surface area (Å²) in [4.78, 5) is 8.86. The number of hydrogen-bond donors (Lipinski definition) is 0. The Morgan fingerprint density at radius 2 is 2.13 bits per heavy atom. The fraction of sp³-hybridized carbons (Fsp3) is 0.167. The maximum absolute atomic E-state index is 4.51. The molecule has 0 N–H and O–H groups in total. The maximum atomic E-state index is 4.51. The van der Waals surface area contributed by atoms with Gasteiger partial charge in [-0.15, -0.1) is 11.8 Å². The number of aromatic nitrogens is 1. The minimum atomic E-state index is 0.941. The van der Waals surface area contributed by atoms with E-state index < -0.39 is 0 Å². The van der Waals surface area contributed by atoms with Crippen LogP contribution in [0.3, 0.4) is 0 Å². The average molecular weight is 214 g/mol. The monoisotopic (exact) mass is 214 g/mol. The van der Waals surface area contributed by atoms with Gasteiger partial charge in [0.05, 0.1) is 10.6 Å². The third-order valence-electron chi connectivity index (χ3n) is 2.46. The highest BCUT2D eigenvalue weighted by Gasteiger charge is 2.12. The van der Waals surface area contributed by atoms with Gasteiger partial charge in [-0.05, 0) is 12.1 Å². The normalized spacial score (nSPS) is 15.6. The molecule has 2 aromatic rings. The number of hydrogen-bond acceptors (Lipinski definition) is 3. The summed E-state index contributed by atoms with van der Waals surface area (Å²) >= 11 is 1.83. The summed E-state index contributed by atoms with van der Waals surface area (Å²) in [6.07, 6.45) is 1.83. The van der Waals surface area contributed by atoms with Gasteiger partial charge in [0.15, 0.2) is 0 Å². The predicted molar refractivity (Wildman–Crippen MR) is 65.6 cm³/mol. The molecular formula is C12H10N2S. The smallest absolute Gasteiger partial charge is 0.0984 e. The second kappa shape index (κ2) is 3.66. The first-order chi connectivity index (χ1) is 7.45. The molecule has 2 nitrogen and oxygen atoms in total. The van der Waals surface area contributed by atoms with Gasteiger partial charge in [-0.3, -0.25) is 9.98 Å².